The number of nitrogens with two attached hydrogens (primary N) is 1. The largest absolute Gasteiger partial charge is 0.397 e. The number of aromatic nitrogens is 1. The highest BCUT2D eigenvalue weighted by Crippen LogP contribution is 2.26. The molecule has 1 aromatic carbocycles. The number of nitrogen functional groups attached to an aromatic ring is 1. The van der Waals surface area contributed by atoms with Gasteiger partial charge >= 0.3 is 0 Å². The van der Waals surface area contributed by atoms with Crippen molar-refractivity contribution < 1.29 is 12.9 Å². The van der Waals surface area contributed by atoms with Gasteiger partial charge in [-0.3, -0.25) is 4.72 Å². The Labute approximate surface area is 128 Å². The molecule has 116 valence electrons. The van der Waals surface area contributed by atoms with Crippen LogP contribution in [0.5, 0.6) is 0 Å². The first kappa shape index (κ1) is 15.9. The van der Waals surface area contributed by atoms with Gasteiger partial charge in [-0.25, -0.2) is 0 Å². The second-order valence-electron chi connectivity index (χ2n) is 5.80. The zero-order valence-corrected chi connectivity index (χ0v) is 13.2. The molecule has 0 aliphatic heterocycles. The molecule has 22 heavy (non-hydrogen) atoms. The third-order valence-electron chi connectivity index (χ3n) is 2.95. The summed E-state index contributed by atoms with van der Waals surface area (Å²) >= 11 is 0. The van der Waals surface area contributed by atoms with Gasteiger partial charge in [-0.1, -0.05) is 25.9 Å². The third kappa shape index (κ3) is 3.20. The molecular formula is C14H16N4O3S. The Kier molecular flexibility index (Phi) is 3.85. The highest BCUT2D eigenvalue weighted by molar-refractivity contribution is 7.92. The van der Waals surface area contributed by atoms with Crippen LogP contribution in [0.15, 0.2) is 33.9 Å². The van der Waals surface area contributed by atoms with E-state index in [4.69, 9.17) is 15.5 Å². The number of sulfonamides is 1. The van der Waals surface area contributed by atoms with Gasteiger partial charge in [0.15, 0.2) is 0 Å². The van der Waals surface area contributed by atoms with E-state index in [0.29, 0.717) is 11.3 Å². The fraction of sp³-hybridized carbons (Fsp3) is 0.286. The SMILES string of the molecule is CC(C)(C)c1cc(S(=O)(=O)Nc2cc(C#N)ccc2N)on1. The van der Waals surface area contributed by atoms with Crippen molar-refractivity contribution >= 4 is 21.4 Å². The first-order valence-electron chi connectivity index (χ1n) is 6.43. The standard InChI is InChI=1S/C14H16N4O3S/c1-14(2,3)12-7-13(21-17-12)22(19,20)18-11-6-9(8-15)4-5-10(11)16/h4-7,18H,16H2,1-3H3. The first-order valence-corrected chi connectivity index (χ1v) is 7.91. The fourth-order valence-electron chi connectivity index (χ4n) is 1.65. The average molecular weight is 320 g/mol. The van der Waals surface area contributed by atoms with E-state index in [0.717, 1.165) is 0 Å². The van der Waals surface area contributed by atoms with Gasteiger partial charge in [0, 0.05) is 11.5 Å². The molecule has 1 heterocycles. The van der Waals surface area contributed by atoms with E-state index in [1.54, 1.807) is 0 Å². The summed E-state index contributed by atoms with van der Waals surface area (Å²) < 4.78 is 31.8. The molecule has 0 radical (unpaired) electrons. The Morgan fingerprint density at radius 1 is 1.32 bits per heavy atom. The molecule has 0 atom stereocenters. The van der Waals surface area contributed by atoms with Crippen molar-refractivity contribution in [3.05, 3.63) is 35.5 Å². The van der Waals surface area contributed by atoms with E-state index >= 15 is 0 Å². The molecule has 0 fully saturated rings. The van der Waals surface area contributed by atoms with Crippen LogP contribution in [0.3, 0.4) is 0 Å². The molecule has 2 rings (SSSR count). The van der Waals surface area contributed by atoms with Crippen LogP contribution in [-0.2, 0) is 15.4 Å². The van der Waals surface area contributed by atoms with Gasteiger partial charge in [-0.2, -0.15) is 13.7 Å². The van der Waals surface area contributed by atoms with Crippen molar-refractivity contribution in [1.82, 2.24) is 5.16 Å². The summed E-state index contributed by atoms with van der Waals surface area (Å²) in [5.41, 5.74) is 6.52. The maximum atomic E-state index is 12.3. The maximum Gasteiger partial charge on any atom is 0.298 e. The van der Waals surface area contributed by atoms with E-state index < -0.39 is 10.0 Å². The maximum absolute atomic E-state index is 12.3. The summed E-state index contributed by atoms with van der Waals surface area (Å²) in [4.78, 5) is 0. The van der Waals surface area contributed by atoms with Gasteiger partial charge in [-0.15, -0.1) is 0 Å². The van der Waals surface area contributed by atoms with Crippen LogP contribution in [0.2, 0.25) is 0 Å². The molecule has 3 N–H and O–H groups in total. The molecule has 0 unspecified atom stereocenters. The molecule has 0 saturated heterocycles. The van der Waals surface area contributed by atoms with Crippen molar-refractivity contribution in [2.24, 2.45) is 0 Å². The lowest BCUT2D eigenvalue weighted by Crippen LogP contribution is -2.14. The molecule has 0 spiro atoms. The summed E-state index contributed by atoms with van der Waals surface area (Å²) in [6.07, 6.45) is 0. The van der Waals surface area contributed by atoms with E-state index in [-0.39, 0.29) is 21.9 Å². The van der Waals surface area contributed by atoms with E-state index in [2.05, 4.69) is 9.88 Å². The number of hydrogen-bond acceptors (Lipinski definition) is 6. The molecule has 8 heteroatoms. The summed E-state index contributed by atoms with van der Waals surface area (Å²) in [6.45, 7) is 5.68. The van der Waals surface area contributed by atoms with Crippen molar-refractivity contribution in [2.45, 2.75) is 31.3 Å². The van der Waals surface area contributed by atoms with Crippen LogP contribution >= 0.6 is 0 Å². The molecule has 0 aliphatic rings. The number of benzene rings is 1. The molecule has 7 nitrogen and oxygen atoms in total. The van der Waals surface area contributed by atoms with Gasteiger partial charge in [0.1, 0.15) is 0 Å². The summed E-state index contributed by atoms with van der Waals surface area (Å²) in [7, 11) is -3.97. The topological polar surface area (TPSA) is 122 Å². The average Bonchev–Trinajstić information content (AvgIpc) is 2.91. The highest BCUT2D eigenvalue weighted by Gasteiger charge is 2.26. The number of hydrogen-bond donors (Lipinski definition) is 2. The minimum Gasteiger partial charge on any atom is -0.397 e. The quantitative estimate of drug-likeness (QED) is 0.836. The lowest BCUT2D eigenvalue weighted by molar-refractivity contribution is 0.327. The second kappa shape index (κ2) is 5.35. The van der Waals surface area contributed by atoms with Crippen molar-refractivity contribution in [3.8, 4) is 6.07 Å². The van der Waals surface area contributed by atoms with E-state index in [1.165, 1.54) is 24.3 Å². The highest BCUT2D eigenvalue weighted by atomic mass is 32.2. The lowest BCUT2D eigenvalue weighted by Gasteiger charge is -2.12. The predicted molar refractivity (Wildman–Crippen MR) is 81.6 cm³/mol. The monoisotopic (exact) mass is 320 g/mol. The van der Waals surface area contributed by atoms with Crippen LogP contribution in [0.4, 0.5) is 11.4 Å². The Bertz CT molecular complexity index is 842. The summed E-state index contributed by atoms with van der Waals surface area (Å²) in [5.74, 6) is 0. The smallest absolute Gasteiger partial charge is 0.298 e. The molecule has 0 bridgehead atoms. The third-order valence-corrected chi connectivity index (χ3v) is 4.16. The Morgan fingerprint density at radius 2 is 2.00 bits per heavy atom. The lowest BCUT2D eigenvalue weighted by atomic mass is 9.93. The molecular weight excluding hydrogens is 304 g/mol. The Morgan fingerprint density at radius 3 is 2.55 bits per heavy atom. The molecule has 0 amide bonds. The molecule has 2 aromatic rings. The van der Waals surface area contributed by atoms with Crippen LogP contribution in [0.25, 0.3) is 0 Å². The zero-order chi connectivity index (χ0) is 16.5. The van der Waals surface area contributed by atoms with Gasteiger partial charge < -0.3 is 10.3 Å². The Balaban J connectivity index is 2.37. The minimum absolute atomic E-state index is 0.118. The van der Waals surface area contributed by atoms with Crippen LogP contribution in [0, 0.1) is 11.3 Å². The van der Waals surface area contributed by atoms with Crippen molar-refractivity contribution in [1.29, 1.82) is 5.26 Å². The predicted octanol–water partition coefficient (Wildman–Crippen LogP) is 2.23. The summed E-state index contributed by atoms with van der Waals surface area (Å²) in [6, 6.07) is 7.60. The fourth-order valence-corrected chi connectivity index (χ4v) is 2.62. The van der Waals surface area contributed by atoms with Crippen LogP contribution < -0.4 is 10.5 Å². The van der Waals surface area contributed by atoms with Gasteiger partial charge in [0.05, 0.1) is 28.7 Å². The van der Waals surface area contributed by atoms with Gasteiger partial charge in [0.2, 0.25) is 0 Å². The van der Waals surface area contributed by atoms with Gasteiger partial charge in [0.25, 0.3) is 15.1 Å². The van der Waals surface area contributed by atoms with Gasteiger partial charge in [-0.05, 0) is 18.2 Å². The van der Waals surface area contributed by atoms with Crippen LogP contribution in [0.1, 0.15) is 32.0 Å². The van der Waals surface area contributed by atoms with Crippen molar-refractivity contribution in [2.75, 3.05) is 10.5 Å². The van der Waals surface area contributed by atoms with Crippen LogP contribution in [-0.4, -0.2) is 13.6 Å². The number of nitriles is 1. The second-order valence-corrected chi connectivity index (χ2v) is 7.41. The van der Waals surface area contributed by atoms with E-state index in [9.17, 15) is 8.42 Å². The number of nitrogens with zero attached hydrogens (tertiary/aromatic N) is 2. The first-order chi connectivity index (χ1) is 10.1. The number of rotatable bonds is 3. The minimum atomic E-state index is -3.97. The molecule has 0 saturated carbocycles. The molecule has 1 aromatic heterocycles. The number of nitrogens with one attached hydrogen (secondary N) is 1. The summed E-state index contributed by atoms with van der Waals surface area (Å²) in [5, 5.41) is 12.3. The number of anilines is 2. The molecule has 0 aliphatic carbocycles. The normalized spacial score (nSPS) is 11.9. The van der Waals surface area contributed by atoms with Crippen molar-refractivity contribution in [3.63, 3.8) is 0 Å². The van der Waals surface area contributed by atoms with E-state index in [1.807, 2.05) is 26.8 Å². The Hall–Kier alpha value is -2.53. The zero-order valence-electron chi connectivity index (χ0n) is 12.4.